The van der Waals surface area contributed by atoms with Gasteiger partial charge in [0.05, 0.1) is 0 Å². The SMILES string of the molecule is CCC(=O)NC[C@@H]1CCCN(C(=O)Nc2ccccc2C)C1. The molecule has 1 aromatic rings. The number of benzene rings is 1. The van der Waals surface area contributed by atoms with Gasteiger partial charge in [0.1, 0.15) is 0 Å². The van der Waals surface area contributed by atoms with Gasteiger partial charge in [0.25, 0.3) is 0 Å². The molecule has 0 aromatic heterocycles. The smallest absolute Gasteiger partial charge is 0.321 e. The Kier molecular flexibility index (Phi) is 5.81. The molecule has 0 spiro atoms. The maximum Gasteiger partial charge on any atom is 0.321 e. The van der Waals surface area contributed by atoms with Crippen molar-refractivity contribution in [1.82, 2.24) is 10.2 Å². The van der Waals surface area contributed by atoms with Crippen LogP contribution in [-0.4, -0.2) is 36.5 Å². The number of nitrogens with zero attached hydrogens (tertiary/aromatic N) is 1. The van der Waals surface area contributed by atoms with Crippen LogP contribution in [0.1, 0.15) is 31.7 Å². The lowest BCUT2D eigenvalue weighted by atomic mass is 9.98. The third-order valence-electron chi connectivity index (χ3n) is 4.10. The summed E-state index contributed by atoms with van der Waals surface area (Å²) in [7, 11) is 0. The van der Waals surface area contributed by atoms with Gasteiger partial charge in [-0.3, -0.25) is 4.79 Å². The van der Waals surface area contributed by atoms with Crippen molar-refractivity contribution in [2.45, 2.75) is 33.1 Å². The lowest BCUT2D eigenvalue weighted by Gasteiger charge is -2.33. The van der Waals surface area contributed by atoms with Gasteiger partial charge in [-0.25, -0.2) is 4.79 Å². The van der Waals surface area contributed by atoms with Crippen LogP contribution >= 0.6 is 0 Å². The van der Waals surface area contributed by atoms with Crippen LogP contribution in [0.3, 0.4) is 0 Å². The zero-order valence-corrected chi connectivity index (χ0v) is 13.4. The Morgan fingerprint density at radius 2 is 2.09 bits per heavy atom. The van der Waals surface area contributed by atoms with Gasteiger partial charge in [-0.05, 0) is 37.3 Å². The van der Waals surface area contributed by atoms with Crippen LogP contribution in [0, 0.1) is 12.8 Å². The Hall–Kier alpha value is -2.04. The summed E-state index contributed by atoms with van der Waals surface area (Å²) < 4.78 is 0. The van der Waals surface area contributed by atoms with Crippen LogP contribution in [0.15, 0.2) is 24.3 Å². The Bertz CT molecular complexity index is 530. The number of urea groups is 1. The first-order valence-corrected chi connectivity index (χ1v) is 7.98. The summed E-state index contributed by atoms with van der Waals surface area (Å²) in [4.78, 5) is 25.6. The second kappa shape index (κ2) is 7.82. The van der Waals surface area contributed by atoms with Gasteiger partial charge in [0.2, 0.25) is 5.91 Å². The number of carbonyl (C=O) groups excluding carboxylic acids is 2. The molecule has 0 saturated carbocycles. The highest BCUT2D eigenvalue weighted by atomic mass is 16.2. The lowest BCUT2D eigenvalue weighted by Crippen LogP contribution is -2.45. The Morgan fingerprint density at radius 3 is 2.82 bits per heavy atom. The molecule has 3 amide bonds. The number of carbonyl (C=O) groups is 2. The lowest BCUT2D eigenvalue weighted by molar-refractivity contribution is -0.121. The average molecular weight is 303 g/mol. The van der Waals surface area contributed by atoms with E-state index in [1.165, 1.54) is 0 Å². The van der Waals surface area contributed by atoms with Gasteiger partial charge in [-0.15, -0.1) is 0 Å². The fourth-order valence-corrected chi connectivity index (χ4v) is 2.71. The molecule has 1 fully saturated rings. The highest BCUT2D eigenvalue weighted by Crippen LogP contribution is 2.18. The van der Waals surface area contributed by atoms with E-state index in [0.717, 1.165) is 30.6 Å². The molecule has 0 radical (unpaired) electrons. The van der Waals surface area contributed by atoms with E-state index < -0.39 is 0 Å². The van der Waals surface area contributed by atoms with E-state index in [0.29, 0.717) is 25.4 Å². The quantitative estimate of drug-likeness (QED) is 0.898. The van der Waals surface area contributed by atoms with Crippen molar-refractivity contribution >= 4 is 17.6 Å². The number of anilines is 1. The molecular formula is C17H25N3O2. The van der Waals surface area contributed by atoms with Gasteiger partial charge < -0.3 is 15.5 Å². The third kappa shape index (κ3) is 4.48. The van der Waals surface area contributed by atoms with E-state index >= 15 is 0 Å². The molecule has 2 N–H and O–H groups in total. The molecule has 5 heteroatoms. The number of nitrogens with one attached hydrogen (secondary N) is 2. The minimum Gasteiger partial charge on any atom is -0.356 e. The van der Waals surface area contributed by atoms with Crippen molar-refractivity contribution in [3.63, 3.8) is 0 Å². The summed E-state index contributed by atoms with van der Waals surface area (Å²) in [6.07, 6.45) is 2.54. The molecular weight excluding hydrogens is 278 g/mol. The van der Waals surface area contributed by atoms with Crippen molar-refractivity contribution in [3.8, 4) is 0 Å². The first-order chi connectivity index (χ1) is 10.6. The van der Waals surface area contributed by atoms with Gasteiger partial charge in [0, 0.05) is 31.7 Å². The first-order valence-electron chi connectivity index (χ1n) is 7.98. The van der Waals surface area contributed by atoms with Crippen LogP contribution in [0.4, 0.5) is 10.5 Å². The maximum atomic E-state index is 12.4. The molecule has 0 bridgehead atoms. The van der Waals surface area contributed by atoms with Crippen molar-refractivity contribution in [1.29, 1.82) is 0 Å². The van der Waals surface area contributed by atoms with Crippen molar-refractivity contribution in [2.75, 3.05) is 25.0 Å². The molecule has 1 heterocycles. The second-order valence-electron chi connectivity index (χ2n) is 5.86. The molecule has 0 aliphatic carbocycles. The Labute approximate surface area is 132 Å². The molecule has 5 nitrogen and oxygen atoms in total. The summed E-state index contributed by atoms with van der Waals surface area (Å²) in [6.45, 7) is 5.95. The summed E-state index contributed by atoms with van der Waals surface area (Å²) in [5, 5.41) is 5.90. The van der Waals surface area contributed by atoms with E-state index in [4.69, 9.17) is 0 Å². The molecule has 0 unspecified atom stereocenters. The second-order valence-corrected chi connectivity index (χ2v) is 5.86. The number of hydrogen-bond donors (Lipinski definition) is 2. The molecule has 1 aliphatic rings. The number of rotatable bonds is 4. The molecule has 22 heavy (non-hydrogen) atoms. The van der Waals surface area contributed by atoms with Crippen molar-refractivity contribution in [2.24, 2.45) is 5.92 Å². The minimum absolute atomic E-state index is 0.0548. The maximum absolute atomic E-state index is 12.4. The molecule has 120 valence electrons. The van der Waals surface area contributed by atoms with Gasteiger partial charge in [0.15, 0.2) is 0 Å². The van der Waals surface area contributed by atoms with Gasteiger partial charge >= 0.3 is 6.03 Å². The van der Waals surface area contributed by atoms with Crippen LogP contribution in [0.2, 0.25) is 0 Å². The van der Waals surface area contributed by atoms with E-state index in [9.17, 15) is 9.59 Å². The number of piperidine rings is 1. The number of amides is 3. The molecule has 1 atom stereocenters. The average Bonchev–Trinajstić information content (AvgIpc) is 2.55. The van der Waals surface area contributed by atoms with Crippen LogP contribution < -0.4 is 10.6 Å². The van der Waals surface area contributed by atoms with Gasteiger partial charge in [-0.1, -0.05) is 25.1 Å². The molecule has 1 saturated heterocycles. The van der Waals surface area contributed by atoms with Crippen LogP contribution in [0.25, 0.3) is 0 Å². The van der Waals surface area contributed by atoms with Crippen LogP contribution in [0.5, 0.6) is 0 Å². The molecule has 1 aliphatic heterocycles. The zero-order chi connectivity index (χ0) is 15.9. The van der Waals surface area contributed by atoms with Crippen molar-refractivity contribution < 1.29 is 9.59 Å². The monoisotopic (exact) mass is 303 g/mol. The fourth-order valence-electron chi connectivity index (χ4n) is 2.71. The standard InChI is InChI=1S/C17H25N3O2/c1-3-16(21)18-11-14-8-6-10-20(12-14)17(22)19-15-9-5-4-7-13(15)2/h4-5,7,9,14H,3,6,8,10-12H2,1-2H3,(H,18,21)(H,19,22)/t14-/m0/s1. The summed E-state index contributed by atoms with van der Waals surface area (Å²) in [5.41, 5.74) is 1.91. The Morgan fingerprint density at radius 1 is 1.32 bits per heavy atom. The normalized spacial score (nSPS) is 17.9. The number of hydrogen-bond acceptors (Lipinski definition) is 2. The minimum atomic E-state index is -0.0548. The molecule has 1 aromatic carbocycles. The predicted octanol–water partition coefficient (Wildman–Crippen LogP) is 2.77. The van der Waals surface area contributed by atoms with E-state index in [-0.39, 0.29) is 11.9 Å². The van der Waals surface area contributed by atoms with Crippen molar-refractivity contribution in [3.05, 3.63) is 29.8 Å². The summed E-state index contributed by atoms with van der Waals surface area (Å²) in [5.74, 6) is 0.411. The number of likely N-dealkylation sites (tertiary alicyclic amines) is 1. The highest BCUT2D eigenvalue weighted by Gasteiger charge is 2.24. The predicted molar refractivity (Wildman–Crippen MR) is 87.8 cm³/mol. The Balaban J connectivity index is 1.87. The van der Waals surface area contributed by atoms with Crippen LogP contribution in [-0.2, 0) is 4.79 Å². The highest BCUT2D eigenvalue weighted by molar-refractivity contribution is 5.90. The number of para-hydroxylation sites is 1. The van der Waals surface area contributed by atoms with E-state index in [1.807, 2.05) is 43.0 Å². The van der Waals surface area contributed by atoms with Gasteiger partial charge in [-0.2, -0.15) is 0 Å². The number of aryl methyl sites for hydroxylation is 1. The third-order valence-corrected chi connectivity index (χ3v) is 4.10. The molecule has 2 rings (SSSR count). The topological polar surface area (TPSA) is 61.4 Å². The largest absolute Gasteiger partial charge is 0.356 e. The fraction of sp³-hybridized carbons (Fsp3) is 0.529. The van der Waals surface area contributed by atoms with E-state index in [2.05, 4.69) is 10.6 Å². The zero-order valence-electron chi connectivity index (χ0n) is 13.4. The first kappa shape index (κ1) is 16.3. The summed E-state index contributed by atoms with van der Waals surface area (Å²) >= 11 is 0. The van der Waals surface area contributed by atoms with E-state index in [1.54, 1.807) is 0 Å². The summed E-state index contributed by atoms with van der Waals surface area (Å²) in [6, 6.07) is 7.71.